The Labute approximate surface area is 178 Å². The minimum atomic E-state index is -0.716. The van der Waals surface area contributed by atoms with E-state index in [0.29, 0.717) is 11.5 Å². The van der Waals surface area contributed by atoms with Crippen molar-refractivity contribution in [1.29, 1.82) is 0 Å². The standard InChI is InChI=1S/C19H12BrClN4O4/c20-12-4-7-17(22-10-12)24-18(26)11-2-1-3-14(8-11)23-19(27)15-9-13(21)5-6-16(15)25(28)29/h1-10H,(H,23,27)(H,22,24,26). The van der Waals surface area contributed by atoms with Gasteiger partial charge < -0.3 is 10.6 Å². The van der Waals surface area contributed by atoms with Gasteiger partial charge in [0.2, 0.25) is 0 Å². The topological polar surface area (TPSA) is 114 Å². The fourth-order valence-corrected chi connectivity index (χ4v) is 2.83. The third-order valence-corrected chi connectivity index (χ3v) is 4.46. The van der Waals surface area contributed by atoms with Gasteiger partial charge in [-0.3, -0.25) is 19.7 Å². The average molecular weight is 476 g/mol. The van der Waals surface area contributed by atoms with E-state index < -0.39 is 16.7 Å². The van der Waals surface area contributed by atoms with Crippen LogP contribution in [0.1, 0.15) is 20.7 Å². The fraction of sp³-hybridized carbons (Fsp3) is 0. The maximum Gasteiger partial charge on any atom is 0.282 e. The van der Waals surface area contributed by atoms with E-state index in [-0.39, 0.29) is 21.8 Å². The van der Waals surface area contributed by atoms with Crippen molar-refractivity contribution in [3.63, 3.8) is 0 Å². The molecule has 0 atom stereocenters. The van der Waals surface area contributed by atoms with Gasteiger partial charge in [0.15, 0.2) is 0 Å². The number of pyridine rings is 1. The Morgan fingerprint density at radius 2 is 1.83 bits per heavy atom. The Bertz CT molecular complexity index is 1110. The summed E-state index contributed by atoms with van der Waals surface area (Å²) < 4.78 is 0.773. The Balaban J connectivity index is 1.78. The molecule has 0 saturated heterocycles. The molecule has 0 aliphatic rings. The molecule has 8 nitrogen and oxygen atoms in total. The molecule has 0 unspecified atom stereocenters. The molecule has 2 N–H and O–H groups in total. The molecule has 146 valence electrons. The van der Waals surface area contributed by atoms with Crippen LogP contribution in [0.4, 0.5) is 17.2 Å². The van der Waals surface area contributed by atoms with Gasteiger partial charge in [-0.05, 0) is 58.4 Å². The zero-order valence-electron chi connectivity index (χ0n) is 14.6. The van der Waals surface area contributed by atoms with Crippen molar-refractivity contribution in [2.75, 3.05) is 10.6 Å². The Kier molecular flexibility index (Phi) is 6.20. The fourth-order valence-electron chi connectivity index (χ4n) is 2.42. The van der Waals surface area contributed by atoms with Crippen molar-refractivity contribution < 1.29 is 14.5 Å². The van der Waals surface area contributed by atoms with Crippen molar-refractivity contribution in [1.82, 2.24) is 4.98 Å². The van der Waals surface area contributed by atoms with Gasteiger partial charge in [-0.25, -0.2) is 4.98 Å². The van der Waals surface area contributed by atoms with Crippen LogP contribution in [0.5, 0.6) is 0 Å². The van der Waals surface area contributed by atoms with E-state index in [1.807, 2.05) is 0 Å². The third-order valence-electron chi connectivity index (χ3n) is 3.75. The van der Waals surface area contributed by atoms with E-state index in [2.05, 4.69) is 31.5 Å². The lowest BCUT2D eigenvalue weighted by Gasteiger charge is -2.09. The number of halogens is 2. The SMILES string of the molecule is O=C(Nc1ccc(Br)cn1)c1cccc(NC(=O)c2cc(Cl)ccc2[N+](=O)[O-])c1. The second-order valence-corrected chi connectivity index (χ2v) is 7.12. The van der Waals surface area contributed by atoms with E-state index in [0.717, 1.165) is 10.5 Å². The summed E-state index contributed by atoms with van der Waals surface area (Å²) in [6, 6.07) is 13.2. The lowest BCUT2D eigenvalue weighted by atomic mass is 10.1. The molecule has 3 aromatic rings. The number of aromatic nitrogens is 1. The number of nitro groups is 1. The average Bonchev–Trinajstić information content (AvgIpc) is 2.69. The number of nitrogens with one attached hydrogen (secondary N) is 2. The molecular formula is C19H12BrClN4O4. The number of rotatable bonds is 5. The maximum absolute atomic E-state index is 12.5. The molecule has 0 saturated carbocycles. The number of amides is 2. The molecule has 0 bridgehead atoms. The molecule has 2 aromatic carbocycles. The molecule has 10 heteroatoms. The highest BCUT2D eigenvalue weighted by molar-refractivity contribution is 9.10. The summed E-state index contributed by atoms with van der Waals surface area (Å²) in [6.45, 7) is 0. The zero-order valence-corrected chi connectivity index (χ0v) is 16.9. The molecule has 3 rings (SSSR count). The lowest BCUT2D eigenvalue weighted by molar-refractivity contribution is -0.385. The molecule has 1 heterocycles. The van der Waals surface area contributed by atoms with Crippen LogP contribution in [0.15, 0.2) is 65.3 Å². The van der Waals surface area contributed by atoms with Crippen molar-refractivity contribution in [2.24, 2.45) is 0 Å². The van der Waals surface area contributed by atoms with Gasteiger partial charge in [0.05, 0.1) is 4.92 Å². The highest BCUT2D eigenvalue weighted by Crippen LogP contribution is 2.24. The van der Waals surface area contributed by atoms with Gasteiger partial charge >= 0.3 is 0 Å². The van der Waals surface area contributed by atoms with Crippen LogP contribution < -0.4 is 10.6 Å². The van der Waals surface area contributed by atoms with Gasteiger partial charge in [-0.15, -0.1) is 0 Å². The lowest BCUT2D eigenvalue weighted by Crippen LogP contribution is -2.16. The van der Waals surface area contributed by atoms with Crippen molar-refractivity contribution in [3.05, 3.63) is 91.5 Å². The Hall–Kier alpha value is -3.30. The summed E-state index contributed by atoms with van der Waals surface area (Å²) in [5.41, 5.74) is 0.00679. The first-order valence-corrected chi connectivity index (χ1v) is 9.29. The van der Waals surface area contributed by atoms with Crippen LogP contribution in [0.3, 0.4) is 0 Å². The summed E-state index contributed by atoms with van der Waals surface area (Å²) in [4.78, 5) is 39.5. The summed E-state index contributed by atoms with van der Waals surface area (Å²) in [5.74, 6) is -0.779. The van der Waals surface area contributed by atoms with Crippen LogP contribution in [0.25, 0.3) is 0 Å². The first-order valence-electron chi connectivity index (χ1n) is 8.12. The second-order valence-electron chi connectivity index (χ2n) is 5.77. The number of nitrogens with zero attached hydrogens (tertiary/aromatic N) is 2. The third kappa shape index (κ3) is 5.15. The van der Waals surface area contributed by atoms with E-state index >= 15 is 0 Å². The van der Waals surface area contributed by atoms with Crippen LogP contribution in [0.2, 0.25) is 5.02 Å². The Morgan fingerprint density at radius 1 is 1.03 bits per heavy atom. The van der Waals surface area contributed by atoms with Gasteiger partial charge in [0, 0.05) is 33.0 Å². The monoisotopic (exact) mass is 474 g/mol. The van der Waals surface area contributed by atoms with E-state index in [1.54, 1.807) is 36.5 Å². The number of nitro benzene ring substituents is 1. The number of benzene rings is 2. The molecule has 2 amide bonds. The van der Waals surface area contributed by atoms with E-state index in [9.17, 15) is 19.7 Å². The number of anilines is 2. The second kappa shape index (κ2) is 8.80. The number of hydrogen-bond donors (Lipinski definition) is 2. The number of carbonyl (C=O) groups is 2. The van der Waals surface area contributed by atoms with Crippen LogP contribution in [-0.2, 0) is 0 Å². The largest absolute Gasteiger partial charge is 0.322 e. The van der Waals surface area contributed by atoms with Gasteiger partial charge in [0.25, 0.3) is 17.5 Å². The van der Waals surface area contributed by atoms with Crippen molar-refractivity contribution in [3.8, 4) is 0 Å². The maximum atomic E-state index is 12.5. The smallest absolute Gasteiger partial charge is 0.282 e. The normalized spacial score (nSPS) is 10.3. The summed E-state index contributed by atoms with van der Waals surface area (Å²) in [7, 11) is 0. The predicted molar refractivity (Wildman–Crippen MR) is 112 cm³/mol. The van der Waals surface area contributed by atoms with Gasteiger partial charge in [-0.1, -0.05) is 17.7 Å². The molecule has 29 heavy (non-hydrogen) atoms. The molecular weight excluding hydrogens is 464 g/mol. The first kappa shape index (κ1) is 20.4. The number of carbonyl (C=O) groups excluding carboxylic acids is 2. The molecule has 0 aliphatic heterocycles. The molecule has 1 aromatic heterocycles. The number of hydrogen-bond acceptors (Lipinski definition) is 5. The highest BCUT2D eigenvalue weighted by atomic mass is 79.9. The van der Waals surface area contributed by atoms with Crippen LogP contribution in [-0.4, -0.2) is 21.7 Å². The minimum absolute atomic E-state index is 0.184. The summed E-state index contributed by atoms with van der Waals surface area (Å²) >= 11 is 9.12. The minimum Gasteiger partial charge on any atom is -0.322 e. The predicted octanol–water partition coefficient (Wildman–Crippen LogP) is 4.91. The molecule has 0 aliphatic carbocycles. The highest BCUT2D eigenvalue weighted by Gasteiger charge is 2.21. The van der Waals surface area contributed by atoms with E-state index in [4.69, 9.17) is 11.6 Å². The molecule has 0 spiro atoms. The van der Waals surface area contributed by atoms with Crippen LogP contribution >= 0.6 is 27.5 Å². The molecule has 0 fully saturated rings. The van der Waals surface area contributed by atoms with Crippen molar-refractivity contribution in [2.45, 2.75) is 0 Å². The van der Waals surface area contributed by atoms with Crippen molar-refractivity contribution >= 4 is 56.5 Å². The van der Waals surface area contributed by atoms with E-state index in [1.165, 1.54) is 18.2 Å². The van der Waals surface area contributed by atoms with Gasteiger partial charge in [-0.2, -0.15) is 0 Å². The Morgan fingerprint density at radius 3 is 2.52 bits per heavy atom. The summed E-state index contributed by atoms with van der Waals surface area (Å²) in [6.07, 6.45) is 1.55. The first-order chi connectivity index (χ1) is 13.8. The van der Waals surface area contributed by atoms with Crippen LogP contribution in [0, 0.1) is 10.1 Å². The zero-order chi connectivity index (χ0) is 21.0. The molecule has 0 radical (unpaired) electrons. The quantitative estimate of drug-likeness (QED) is 0.402. The van der Waals surface area contributed by atoms with Gasteiger partial charge in [0.1, 0.15) is 11.4 Å². The summed E-state index contributed by atoms with van der Waals surface area (Å²) in [5, 5.41) is 16.5.